The van der Waals surface area contributed by atoms with Crippen LogP contribution in [0.4, 0.5) is 0 Å². The number of hydrogen-bond donors (Lipinski definition) is 2. The fraction of sp³-hybridized carbons (Fsp3) is 0.300. The van der Waals surface area contributed by atoms with Gasteiger partial charge in [0.15, 0.2) is 5.03 Å². The standard InChI is InChI=1S/C10H14N4O4S3/c1-14-6-9(12-7-14)21(17,18)13-5-4-8-2-3-10(19-8)20(11,15)16/h2-3,6-7,13H,4-5H2,1H3,(H2,11,15,16). The Morgan fingerprint density at radius 2 is 2.05 bits per heavy atom. The highest BCUT2D eigenvalue weighted by Gasteiger charge is 2.17. The highest BCUT2D eigenvalue weighted by Crippen LogP contribution is 2.20. The van der Waals surface area contributed by atoms with E-state index in [1.54, 1.807) is 13.1 Å². The highest BCUT2D eigenvalue weighted by molar-refractivity contribution is 7.91. The minimum Gasteiger partial charge on any atom is -0.339 e. The molecule has 0 saturated heterocycles. The number of nitrogens with two attached hydrogens (primary N) is 1. The summed E-state index contributed by atoms with van der Waals surface area (Å²) in [5.41, 5.74) is 0. The number of nitrogens with one attached hydrogen (secondary N) is 1. The SMILES string of the molecule is Cn1cnc(S(=O)(=O)NCCc2ccc(S(N)(=O)=O)s2)c1. The van der Waals surface area contributed by atoms with Crippen molar-refractivity contribution in [2.75, 3.05) is 6.54 Å². The van der Waals surface area contributed by atoms with Crippen LogP contribution >= 0.6 is 11.3 Å². The van der Waals surface area contributed by atoms with Crippen molar-refractivity contribution in [2.45, 2.75) is 15.7 Å². The maximum Gasteiger partial charge on any atom is 0.259 e. The lowest BCUT2D eigenvalue weighted by atomic mass is 10.3. The molecule has 11 heteroatoms. The Morgan fingerprint density at radius 1 is 1.33 bits per heavy atom. The van der Waals surface area contributed by atoms with E-state index < -0.39 is 20.0 Å². The Hall–Kier alpha value is -1.27. The summed E-state index contributed by atoms with van der Waals surface area (Å²) in [5.74, 6) is 0. The van der Waals surface area contributed by atoms with Crippen molar-refractivity contribution in [3.8, 4) is 0 Å². The van der Waals surface area contributed by atoms with Gasteiger partial charge in [-0.3, -0.25) is 0 Å². The van der Waals surface area contributed by atoms with Crippen molar-refractivity contribution >= 4 is 31.4 Å². The minimum atomic E-state index is -3.71. The first-order valence-electron chi connectivity index (χ1n) is 5.77. The van der Waals surface area contributed by atoms with Gasteiger partial charge in [0.05, 0.1) is 6.33 Å². The van der Waals surface area contributed by atoms with Crippen LogP contribution in [0.5, 0.6) is 0 Å². The zero-order valence-electron chi connectivity index (χ0n) is 11.1. The molecule has 2 aromatic rings. The number of primary sulfonamides is 1. The average molecular weight is 350 g/mol. The van der Waals surface area contributed by atoms with E-state index >= 15 is 0 Å². The molecule has 0 aliphatic heterocycles. The fourth-order valence-electron chi connectivity index (χ4n) is 1.56. The fourth-order valence-corrected chi connectivity index (χ4v) is 4.34. The summed E-state index contributed by atoms with van der Waals surface area (Å²) in [5, 5.41) is 4.95. The van der Waals surface area contributed by atoms with Crippen LogP contribution in [-0.2, 0) is 33.5 Å². The summed E-state index contributed by atoms with van der Waals surface area (Å²) < 4.78 is 50.1. The molecule has 21 heavy (non-hydrogen) atoms. The van der Waals surface area contributed by atoms with Gasteiger partial charge in [-0.05, 0) is 18.6 Å². The molecule has 0 aliphatic rings. The summed E-state index contributed by atoms with van der Waals surface area (Å²) in [6.45, 7) is 0.142. The zero-order valence-corrected chi connectivity index (χ0v) is 13.5. The first kappa shape index (κ1) is 16.1. The lowest BCUT2D eigenvalue weighted by Crippen LogP contribution is -2.26. The van der Waals surface area contributed by atoms with Gasteiger partial charge < -0.3 is 4.57 Å². The molecule has 0 unspecified atom stereocenters. The number of aryl methyl sites for hydroxylation is 1. The van der Waals surface area contributed by atoms with Gasteiger partial charge in [0.2, 0.25) is 10.0 Å². The van der Waals surface area contributed by atoms with Gasteiger partial charge in [0.1, 0.15) is 4.21 Å². The Labute approximate surface area is 126 Å². The third-order valence-corrected chi connectivity index (χ3v) is 6.47. The monoisotopic (exact) mass is 350 g/mol. The first-order valence-corrected chi connectivity index (χ1v) is 9.62. The molecule has 0 aliphatic carbocycles. The maximum absolute atomic E-state index is 11.9. The van der Waals surface area contributed by atoms with Crippen LogP contribution in [0.25, 0.3) is 0 Å². The van der Waals surface area contributed by atoms with Gasteiger partial charge in [-0.15, -0.1) is 11.3 Å². The molecule has 0 radical (unpaired) electrons. The average Bonchev–Trinajstić information content (AvgIpc) is 2.97. The van der Waals surface area contributed by atoms with Crippen LogP contribution in [-0.4, -0.2) is 32.9 Å². The Kier molecular flexibility index (Phi) is 4.49. The Balaban J connectivity index is 1.97. The van der Waals surface area contributed by atoms with Crippen LogP contribution in [0.3, 0.4) is 0 Å². The lowest BCUT2D eigenvalue weighted by molar-refractivity contribution is 0.578. The number of thiophene rings is 1. The minimum absolute atomic E-state index is 0.0543. The van der Waals surface area contributed by atoms with Crippen molar-refractivity contribution in [3.63, 3.8) is 0 Å². The van der Waals surface area contributed by atoms with E-state index in [9.17, 15) is 16.8 Å². The molecule has 2 heterocycles. The van der Waals surface area contributed by atoms with Crippen molar-refractivity contribution in [1.82, 2.24) is 14.3 Å². The summed E-state index contributed by atoms with van der Waals surface area (Å²) in [6, 6.07) is 3.02. The van der Waals surface area contributed by atoms with E-state index in [1.165, 1.54) is 23.2 Å². The van der Waals surface area contributed by atoms with Crippen molar-refractivity contribution < 1.29 is 16.8 Å². The topological polar surface area (TPSA) is 124 Å². The van der Waals surface area contributed by atoms with Crippen LogP contribution in [0.1, 0.15) is 4.88 Å². The van der Waals surface area contributed by atoms with E-state index in [0.717, 1.165) is 16.2 Å². The molecule has 8 nitrogen and oxygen atoms in total. The van der Waals surface area contributed by atoms with E-state index in [2.05, 4.69) is 9.71 Å². The van der Waals surface area contributed by atoms with Crippen molar-refractivity contribution in [2.24, 2.45) is 12.2 Å². The Bertz CT molecular complexity index is 835. The molecule has 0 spiro atoms. The molecule has 3 N–H and O–H groups in total. The lowest BCUT2D eigenvalue weighted by Gasteiger charge is -2.02. The van der Waals surface area contributed by atoms with Gasteiger partial charge in [0, 0.05) is 24.7 Å². The van der Waals surface area contributed by atoms with Crippen molar-refractivity contribution in [1.29, 1.82) is 0 Å². The van der Waals surface area contributed by atoms with E-state index in [-0.39, 0.29) is 15.8 Å². The molecular weight excluding hydrogens is 336 g/mol. The molecule has 0 amide bonds. The zero-order chi connectivity index (χ0) is 15.7. The molecule has 0 atom stereocenters. The van der Waals surface area contributed by atoms with Crippen molar-refractivity contribution in [3.05, 3.63) is 29.5 Å². The molecule has 0 bridgehead atoms. The number of rotatable bonds is 6. The molecule has 116 valence electrons. The number of imidazole rings is 1. The van der Waals surface area contributed by atoms with Crippen LogP contribution in [0.15, 0.2) is 33.9 Å². The van der Waals surface area contributed by atoms with E-state index in [4.69, 9.17) is 5.14 Å². The highest BCUT2D eigenvalue weighted by atomic mass is 32.2. The van der Waals surface area contributed by atoms with Gasteiger partial charge in [-0.2, -0.15) is 0 Å². The summed E-state index contributed by atoms with van der Waals surface area (Å²) in [7, 11) is -5.69. The molecule has 0 saturated carbocycles. The normalized spacial score (nSPS) is 12.7. The van der Waals surface area contributed by atoms with E-state index in [1.807, 2.05) is 0 Å². The first-order chi connectivity index (χ1) is 9.68. The number of sulfonamides is 2. The number of hydrogen-bond acceptors (Lipinski definition) is 6. The second-order valence-corrected chi connectivity index (χ2v) is 8.96. The third-order valence-electron chi connectivity index (χ3n) is 2.54. The smallest absolute Gasteiger partial charge is 0.259 e. The largest absolute Gasteiger partial charge is 0.339 e. The summed E-state index contributed by atoms with van der Waals surface area (Å²) in [6.07, 6.45) is 3.16. The summed E-state index contributed by atoms with van der Waals surface area (Å²) in [4.78, 5) is 4.49. The predicted molar refractivity (Wildman–Crippen MR) is 77.8 cm³/mol. The second-order valence-electron chi connectivity index (χ2n) is 4.29. The van der Waals surface area contributed by atoms with Gasteiger partial charge in [0.25, 0.3) is 10.0 Å². The van der Waals surface area contributed by atoms with Crippen LogP contribution in [0.2, 0.25) is 0 Å². The number of aromatic nitrogens is 2. The molecule has 2 aromatic heterocycles. The third kappa shape index (κ3) is 4.11. The van der Waals surface area contributed by atoms with E-state index in [0.29, 0.717) is 6.42 Å². The quantitative estimate of drug-likeness (QED) is 0.737. The van der Waals surface area contributed by atoms with Gasteiger partial charge in [-0.1, -0.05) is 0 Å². The molecule has 0 fully saturated rings. The Morgan fingerprint density at radius 3 is 2.57 bits per heavy atom. The van der Waals surface area contributed by atoms with Gasteiger partial charge >= 0.3 is 0 Å². The molecular formula is C10H14N4O4S3. The second kappa shape index (κ2) is 5.85. The molecule has 0 aromatic carbocycles. The van der Waals surface area contributed by atoms with Gasteiger partial charge in [-0.25, -0.2) is 31.7 Å². The van der Waals surface area contributed by atoms with Crippen LogP contribution < -0.4 is 9.86 Å². The summed E-state index contributed by atoms with van der Waals surface area (Å²) >= 11 is 1.02. The van der Waals surface area contributed by atoms with Crippen LogP contribution in [0, 0.1) is 0 Å². The predicted octanol–water partition coefficient (Wildman–Crippen LogP) is -0.350. The maximum atomic E-state index is 11.9. The molecule has 2 rings (SSSR count). The number of nitrogens with zero attached hydrogens (tertiary/aromatic N) is 2.